The molecule has 4 heteroatoms. The van der Waals surface area contributed by atoms with Crippen molar-refractivity contribution in [1.29, 1.82) is 0 Å². The van der Waals surface area contributed by atoms with Gasteiger partial charge in [0.05, 0.1) is 5.60 Å². The van der Waals surface area contributed by atoms with Crippen LogP contribution in [0.4, 0.5) is 0 Å². The lowest BCUT2D eigenvalue weighted by molar-refractivity contribution is 0.0225. The van der Waals surface area contributed by atoms with Crippen LogP contribution in [0.5, 0.6) is 0 Å². The van der Waals surface area contributed by atoms with Crippen LogP contribution in [-0.2, 0) is 4.74 Å². The molecule has 1 aromatic rings. The number of thioether (sulfide) groups is 1. The van der Waals surface area contributed by atoms with Crippen LogP contribution in [-0.4, -0.2) is 36.7 Å². The summed E-state index contributed by atoms with van der Waals surface area (Å²) >= 11 is 1.92. The van der Waals surface area contributed by atoms with Crippen LogP contribution in [0.2, 0.25) is 0 Å². The summed E-state index contributed by atoms with van der Waals surface area (Å²) in [6, 6.07) is 8.89. The average molecular weight is 281 g/mol. The highest BCUT2D eigenvalue weighted by Crippen LogP contribution is 2.35. The van der Waals surface area contributed by atoms with Crippen LogP contribution in [0.1, 0.15) is 31.4 Å². The van der Waals surface area contributed by atoms with Gasteiger partial charge >= 0.3 is 0 Å². The Kier molecular flexibility index (Phi) is 5.28. The summed E-state index contributed by atoms with van der Waals surface area (Å²) < 4.78 is 5.03. The van der Waals surface area contributed by atoms with Crippen LogP contribution >= 0.6 is 11.8 Å². The first-order valence-electron chi connectivity index (χ1n) is 6.79. The van der Waals surface area contributed by atoms with Crippen LogP contribution in [0.25, 0.3) is 0 Å². The minimum atomic E-state index is -0.713. The average Bonchev–Trinajstić information content (AvgIpc) is 2.43. The van der Waals surface area contributed by atoms with Crippen molar-refractivity contribution in [2.24, 2.45) is 0 Å². The Morgan fingerprint density at radius 2 is 2.26 bits per heavy atom. The molecule has 0 spiro atoms. The molecule has 0 fully saturated rings. The molecule has 1 aliphatic heterocycles. The molecule has 3 nitrogen and oxygen atoms in total. The van der Waals surface area contributed by atoms with E-state index in [9.17, 15) is 5.11 Å². The quantitative estimate of drug-likeness (QED) is 0.841. The van der Waals surface area contributed by atoms with Crippen LogP contribution in [0.15, 0.2) is 29.2 Å². The van der Waals surface area contributed by atoms with Gasteiger partial charge in [0.25, 0.3) is 0 Å². The maximum atomic E-state index is 10.3. The Balaban J connectivity index is 1.94. The van der Waals surface area contributed by atoms with E-state index in [0.717, 1.165) is 12.2 Å². The SMILES string of the molecule is COCCC(C)(O)CNC1CCSc2ccccc21. The predicted molar refractivity (Wildman–Crippen MR) is 79.6 cm³/mol. The Bertz CT molecular complexity index is 409. The van der Waals surface area contributed by atoms with Crippen molar-refractivity contribution < 1.29 is 9.84 Å². The maximum Gasteiger partial charge on any atom is 0.0765 e. The minimum Gasteiger partial charge on any atom is -0.389 e. The summed E-state index contributed by atoms with van der Waals surface area (Å²) in [4.78, 5) is 1.36. The fourth-order valence-corrected chi connectivity index (χ4v) is 3.43. The van der Waals surface area contributed by atoms with Gasteiger partial charge < -0.3 is 15.2 Å². The number of hydrogen-bond acceptors (Lipinski definition) is 4. The molecule has 2 rings (SSSR count). The molecular weight excluding hydrogens is 258 g/mol. The van der Waals surface area contributed by atoms with Crippen molar-refractivity contribution in [2.75, 3.05) is 26.0 Å². The molecule has 2 unspecified atom stereocenters. The number of methoxy groups -OCH3 is 1. The molecule has 0 saturated heterocycles. The lowest BCUT2D eigenvalue weighted by Gasteiger charge is -2.30. The van der Waals surface area contributed by atoms with Gasteiger partial charge in [0, 0.05) is 37.6 Å². The second-order valence-corrected chi connectivity index (χ2v) is 6.48. The summed E-state index contributed by atoms with van der Waals surface area (Å²) in [5.41, 5.74) is 0.650. The second kappa shape index (κ2) is 6.75. The number of aliphatic hydroxyl groups is 1. The Labute approximate surface area is 119 Å². The molecule has 0 amide bonds. The molecule has 1 heterocycles. The molecule has 106 valence electrons. The number of nitrogens with one attached hydrogen (secondary N) is 1. The number of fused-ring (bicyclic) bond motifs is 1. The molecule has 0 bridgehead atoms. The van der Waals surface area contributed by atoms with Gasteiger partial charge in [-0.15, -0.1) is 11.8 Å². The maximum absolute atomic E-state index is 10.3. The van der Waals surface area contributed by atoms with Crippen LogP contribution < -0.4 is 5.32 Å². The van der Waals surface area contributed by atoms with Gasteiger partial charge in [-0.2, -0.15) is 0 Å². The molecule has 1 aliphatic rings. The summed E-state index contributed by atoms with van der Waals surface area (Å²) in [5.74, 6) is 1.13. The highest BCUT2D eigenvalue weighted by molar-refractivity contribution is 7.99. The van der Waals surface area contributed by atoms with E-state index >= 15 is 0 Å². The first-order valence-corrected chi connectivity index (χ1v) is 7.77. The molecule has 2 N–H and O–H groups in total. The Morgan fingerprint density at radius 3 is 3.05 bits per heavy atom. The number of hydrogen-bond donors (Lipinski definition) is 2. The molecule has 0 aliphatic carbocycles. The van der Waals surface area contributed by atoms with Crippen molar-refractivity contribution in [3.05, 3.63) is 29.8 Å². The third-order valence-corrected chi connectivity index (χ3v) is 4.66. The van der Waals surface area contributed by atoms with Crippen molar-refractivity contribution in [2.45, 2.75) is 36.3 Å². The van der Waals surface area contributed by atoms with E-state index in [-0.39, 0.29) is 0 Å². The highest BCUT2D eigenvalue weighted by atomic mass is 32.2. The lowest BCUT2D eigenvalue weighted by atomic mass is 9.99. The molecule has 0 radical (unpaired) electrons. The molecule has 0 aromatic heterocycles. The minimum absolute atomic E-state index is 0.353. The standard InChI is InChI=1S/C15H23NO2S/c1-15(17,8-9-18-2)11-16-13-7-10-19-14-6-4-3-5-12(13)14/h3-6,13,16-17H,7-11H2,1-2H3. The fraction of sp³-hybridized carbons (Fsp3) is 0.600. The normalized spacial score (nSPS) is 21.7. The zero-order chi connectivity index (χ0) is 13.7. The third kappa shape index (κ3) is 4.21. The van der Waals surface area contributed by atoms with E-state index in [2.05, 4.69) is 29.6 Å². The lowest BCUT2D eigenvalue weighted by Crippen LogP contribution is -2.41. The largest absolute Gasteiger partial charge is 0.389 e. The van der Waals surface area contributed by atoms with Crippen molar-refractivity contribution in [3.63, 3.8) is 0 Å². The molecule has 1 aromatic carbocycles. The first kappa shape index (κ1) is 14.9. The number of ether oxygens (including phenoxy) is 1. The van der Waals surface area contributed by atoms with E-state index in [1.165, 1.54) is 10.5 Å². The van der Waals surface area contributed by atoms with E-state index in [0.29, 0.717) is 25.6 Å². The van der Waals surface area contributed by atoms with Gasteiger partial charge in [0.15, 0.2) is 0 Å². The van der Waals surface area contributed by atoms with Crippen LogP contribution in [0.3, 0.4) is 0 Å². The summed E-state index contributed by atoms with van der Waals surface area (Å²) in [7, 11) is 1.66. The van der Waals surface area contributed by atoms with Crippen molar-refractivity contribution in [3.8, 4) is 0 Å². The van der Waals surface area contributed by atoms with Gasteiger partial charge in [0.1, 0.15) is 0 Å². The summed E-state index contributed by atoms with van der Waals surface area (Å²) in [6.07, 6.45) is 1.77. The second-order valence-electron chi connectivity index (χ2n) is 5.35. The monoisotopic (exact) mass is 281 g/mol. The number of benzene rings is 1. The summed E-state index contributed by atoms with van der Waals surface area (Å²) in [5, 5.41) is 13.8. The highest BCUT2D eigenvalue weighted by Gasteiger charge is 2.24. The predicted octanol–water partition coefficient (Wildman–Crippen LogP) is 2.60. The molecule has 19 heavy (non-hydrogen) atoms. The molecule has 2 atom stereocenters. The zero-order valence-corrected chi connectivity index (χ0v) is 12.5. The van der Waals surface area contributed by atoms with Gasteiger partial charge in [-0.05, 0) is 30.7 Å². The first-order chi connectivity index (χ1) is 9.12. The zero-order valence-electron chi connectivity index (χ0n) is 11.7. The van der Waals surface area contributed by atoms with E-state index in [1.807, 2.05) is 18.7 Å². The molecule has 0 saturated carbocycles. The Hall–Kier alpha value is -0.550. The topological polar surface area (TPSA) is 41.5 Å². The fourth-order valence-electron chi connectivity index (χ4n) is 2.31. The van der Waals surface area contributed by atoms with Gasteiger partial charge in [-0.3, -0.25) is 0 Å². The Morgan fingerprint density at radius 1 is 1.47 bits per heavy atom. The van der Waals surface area contributed by atoms with E-state index in [4.69, 9.17) is 4.74 Å². The smallest absolute Gasteiger partial charge is 0.0765 e. The number of rotatable bonds is 6. The third-order valence-electron chi connectivity index (χ3n) is 3.53. The van der Waals surface area contributed by atoms with Crippen molar-refractivity contribution in [1.82, 2.24) is 5.32 Å². The van der Waals surface area contributed by atoms with Gasteiger partial charge in [-0.25, -0.2) is 0 Å². The summed E-state index contributed by atoms with van der Waals surface area (Å²) in [6.45, 7) is 3.05. The molecular formula is C15H23NO2S. The van der Waals surface area contributed by atoms with Gasteiger partial charge in [0.2, 0.25) is 0 Å². The van der Waals surface area contributed by atoms with Gasteiger partial charge in [-0.1, -0.05) is 18.2 Å². The van der Waals surface area contributed by atoms with E-state index in [1.54, 1.807) is 7.11 Å². The van der Waals surface area contributed by atoms with Crippen molar-refractivity contribution >= 4 is 11.8 Å². The van der Waals surface area contributed by atoms with Crippen LogP contribution in [0, 0.1) is 0 Å². The van der Waals surface area contributed by atoms with E-state index < -0.39 is 5.60 Å².